The number of nitrogens with zero attached hydrogens (tertiary/aromatic N) is 2. The van der Waals surface area contributed by atoms with Crippen molar-refractivity contribution in [2.75, 3.05) is 6.54 Å². The molecule has 1 fully saturated rings. The number of rotatable bonds is 6. The van der Waals surface area contributed by atoms with Crippen LogP contribution in [0.5, 0.6) is 0 Å². The lowest BCUT2D eigenvalue weighted by molar-refractivity contribution is -0.122. The molecular weight excluding hydrogens is 336 g/mol. The lowest BCUT2D eigenvalue weighted by atomic mass is 9.98. The number of amides is 1. The first-order valence-electron chi connectivity index (χ1n) is 9.44. The van der Waals surface area contributed by atoms with E-state index in [0.717, 1.165) is 42.6 Å². The van der Waals surface area contributed by atoms with Crippen LogP contribution >= 0.6 is 0 Å². The minimum atomic E-state index is -0.0420. The maximum Gasteiger partial charge on any atom is 0.237 e. The fourth-order valence-electron chi connectivity index (χ4n) is 3.55. The van der Waals surface area contributed by atoms with Gasteiger partial charge in [0.15, 0.2) is 0 Å². The van der Waals surface area contributed by atoms with Crippen LogP contribution in [0.1, 0.15) is 24.0 Å². The molecule has 5 heteroatoms. The second-order valence-corrected chi connectivity index (χ2v) is 6.96. The van der Waals surface area contributed by atoms with Crippen LogP contribution in [0.15, 0.2) is 67.3 Å². The predicted octanol–water partition coefficient (Wildman–Crippen LogP) is 2.97. The van der Waals surface area contributed by atoms with Gasteiger partial charge in [0.25, 0.3) is 0 Å². The highest BCUT2D eigenvalue weighted by Gasteiger charge is 2.21. The number of hydrogen-bond acceptors (Lipinski definition) is 3. The van der Waals surface area contributed by atoms with Gasteiger partial charge in [-0.05, 0) is 41.6 Å². The van der Waals surface area contributed by atoms with Gasteiger partial charge in [-0.1, -0.05) is 48.5 Å². The molecule has 3 aromatic rings. The molecule has 5 nitrogen and oxygen atoms in total. The van der Waals surface area contributed by atoms with Crippen molar-refractivity contribution in [2.45, 2.75) is 32.0 Å². The third-order valence-electron chi connectivity index (χ3n) is 5.04. The Bertz CT molecular complexity index is 881. The third-order valence-corrected chi connectivity index (χ3v) is 5.04. The minimum Gasteiger partial charge on any atom is -0.351 e. The van der Waals surface area contributed by atoms with E-state index in [-0.39, 0.29) is 11.9 Å². The molecular formula is C22H24N4O. The summed E-state index contributed by atoms with van der Waals surface area (Å²) in [7, 11) is 0. The van der Waals surface area contributed by atoms with E-state index in [1.165, 1.54) is 5.56 Å². The van der Waals surface area contributed by atoms with E-state index in [2.05, 4.69) is 56.6 Å². The first-order valence-corrected chi connectivity index (χ1v) is 9.44. The van der Waals surface area contributed by atoms with Gasteiger partial charge < -0.3 is 15.2 Å². The van der Waals surface area contributed by atoms with Gasteiger partial charge in [-0.2, -0.15) is 0 Å². The monoisotopic (exact) mass is 360 g/mol. The standard InChI is InChI=1S/C22H24N4O/c27-22(21-6-3-11-24-21)25-14-19-4-1-2-5-20(19)18-9-7-17(8-10-18)15-26-13-12-23-16-26/h1-2,4-5,7-10,12-13,16,21,24H,3,6,11,14-15H2,(H,25,27). The van der Waals surface area contributed by atoms with E-state index in [0.29, 0.717) is 6.54 Å². The number of hydrogen-bond donors (Lipinski definition) is 2. The highest BCUT2D eigenvalue weighted by molar-refractivity contribution is 5.82. The molecule has 0 radical (unpaired) electrons. The van der Waals surface area contributed by atoms with Crippen LogP contribution in [0.25, 0.3) is 11.1 Å². The molecule has 2 aromatic carbocycles. The van der Waals surface area contributed by atoms with E-state index >= 15 is 0 Å². The summed E-state index contributed by atoms with van der Waals surface area (Å²) in [5.41, 5.74) is 4.68. The zero-order valence-electron chi connectivity index (χ0n) is 15.3. The highest BCUT2D eigenvalue weighted by atomic mass is 16.2. The molecule has 27 heavy (non-hydrogen) atoms. The fourth-order valence-corrected chi connectivity index (χ4v) is 3.55. The highest BCUT2D eigenvalue weighted by Crippen LogP contribution is 2.24. The molecule has 0 spiro atoms. The van der Waals surface area contributed by atoms with Crippen molar-refractivity contribution < 1.29 is 4.79 Å². The lowest BCUT2D eigenvalue weighted by Gasteiger charge is -2.14. The summed E-state index contributed by atoms with van der Waals surface area (Å²) in [4.78, 5) is 16.4. The van der Waals surface area contributed by atoms with Gasteiger partial charge in [-0.15, -0.1) is 0 Å². The predicted molar refractivity (Wildman–Crippen MR) is 106 cm³/mol. The van der Waals surface area contributed by atoms with E-state index in [1.807, 2.05) is 24.7 Å². The van der Waals surface area contributed by atoms with E-state index in [9.17, 15) is 4.79 Å². The Hall–Kier alpha value is -2.92. The zero-order chi connectivity index (χ0) is 18.5. The largest absolute Gasteiger partial charge is 0.351 e. The Morgan fingerprint density at radius 2 is 2.04 bits per heavy atom. The van der Waals surface area contributed by atoms with Gasteiger partial charge in [-0.3, -0.25) is 4.79 Å². The summed E-state index contributed by atoms with van der Waals surface area (Å²) in [6, 6.07) is 16.8. The van der Waals surface area contributed by atoms with Crippen molar-refractivity contribution in [1.29, 1.82) is 0 Å². The first-order chi connectivity index (χ1) is 13.3. The van der Waals surface area contributed by atoms with E-state index in [1.54, 1.807) is 6.20 Å². The Balaban J connectivity index is 1.46. The van der Waals surface area contributed by atoms with Crippen molar-refractivity contribution in [3.8, 4) is 11.1 Å². The topological polar surface area (TPSA) is 59.0 Å². The number of carbonyl (C=O) groups excluding carboxylic acids is 1. The molecule has 1 amide bonds. The smallest absolute Gasteiger partial charge is 0.237 e. The van der Waals surface area contributed by atoms with Crippen molar-refractivity contribution in [3.05, 3.63) is 78.4 Å². The Morgan fingerprint density at radius 3 is 2.78 bits per heavy atom. The lowest BCUT2D eigenvalue weighted by Crippen LogP contribution is -2.40. The van der Waals surface area contributed by atoms with Crippen molar-refractivity contribution in [1.82, 2.24) is 20.2 Å². The molecule has 2 heterocycles. The molecule has 2 N–H and O–H groups in total. The number of benzene rings is 2. The van der Waals surface area contributed by atoms with Gasteiger partial charge in [-0.25, -0.2) is 4.98 Å². The number of aromatic nitrogens is 2. The van der Waals surface area contributed by atoms with Crippen LogP contribution in [0.2, 0.25) is 0 Å². The van der Waals surface area contributed by atoms with Crippen LogP contribution in [-0.2, 0) is 17.9 Å². The molecule has 138 valence electrons. The SMILES string of the molecule is O=C(NCc1ccccc1-c1ccc(Cn2ccnc2)cc1)C1CCCN1. The molecule has 0 saturated carbocycles. The van der Waals surface area contributed by atoms with Gasteiger partial charge in [0.05, 0.1) is 12.4 Å². The normalized spacial score (nSPS) is 16.4. The van der Waals surface area contributed by atoms with Crippen LogP contribution < -0.4 is 10.6 Å². The molecule has 1 aliphatic heterocycles. The molecule has 1 aromatic heterocycles. The number of nitrogens with one attached hydrogen (secondary N) is 2. The fraction of sp³-hybridized carbons (Fsp3) is 0.273. The van der Waals surface area contributed by atoms with Crippen LogP contribution in [0.4, 0.5) is 0 Å². The average Bonchev–Trinajstić information content (AvgIpc) is 3.41. The Morgan fingerprint density at radius 1 is 1.19 bits per heavy atom. The minimum absolute atomic E-state index is 0.0420. The van der Waals surface area contributed by atoms with Crippen molar-refractivity contribution in [2.24, 2.45) is 0 Å². The molecule has 1 saturated heterocycles. The second kappa shape index (κ2) is 8.18. The summed E-state index contributed by atoms with van der Waals surface area (Å²) in [6.45, 7) is 2.29. The molecule has 1 unspecified atom stereocenters. The summed E-state index contributed by atoms with van der Waals surface area (Å²) in [5, 5.41) is 6.33. The molecule has 0 aliphatic carbocycles. The third kappa shape index (κ3) is 4.26. The van der Waals surface area contributed by atoms with Gasteiger partial charge >= 0.3 is 0 Å². The second-order valence-electron chi connectivity index (χ2n) is 6.96. The number of carbonyl (C=O) groups is 1. The van der Waals surface area contributed by atoms with Gasteiger partial charge in [0.2, 0.25) is 5.91 Å². The van der Waals surface area contributed by atoms with Crippen LogP contribution in [-0.4, -0.2) is 28.0 Å². The van der Waals surface area contributed by atoms with Crippen LogP contribution in [0, 0.1) is 0 Å². The summed E-state index contributed by atoms with van der Waals surface area (Å²) < 4.78 is 2.05. The molecule has 0 bridgehead atoms. The Labute approximate surface area is 159 Å². The average molecular weight is 360 g/mol. The summed E-state index contributed by atoms with van der Waals surface area (Å²) in [6.07, 6.45) is 7.57. The van der Waals surface area contributed by atoms with E-state index < -0.39 is 0 Å². The molecule has 1 atom stereocenters. The van der Waals surface area contributed by atoms with Crippen molar-refractivity contribution in [3.63, 3.8) is 0 Å². The van der Waals surface area contributed by atoms with Crippen molar-refractivity contribution >= 4 is 5.91 Å². The first kappa shape index (κ1) is 17.5. The van der Waals surface area contributed by atoms with E-state index in [4.69, 9.17) is 0 Å². The molecule has 4 rings (SSSR count). The Kier molecular flexibility index (Phi) is 5.30. The maximum absolute atomic E-state index is 12.3. The summed E-state index contributed by atoms with van der Waals surface area (Å²) >= 11 is 0. The van der Waals surface area contributed by atoms with Gasteiger partial charge in [0, 0.05) is 25.5 Å². The quantitative estimate of drug-likeness (QED) is 0.711. The molecule has 1 aliphatic rings. The maximum atomic E-state index is 12.3. The zero-order valence-corrected chi connectivity index (χ0v) is 15.3. The summed E-state index contributed by atoms with van der Waals surface area (Å²) in [5.74, 6) is 0.0954. The number of imidazole rings is 1. The van der Waals surface area contributed by atoms with Gasteiger partial charge in [0.1, 0.15) is 0 Å². The van der Waals surface area contributed by atoms with Crippen LogP contribution in [0.3, 0.4) is 0 Å².